The molecule has 0 N–H and O–H groups in total. The summed E-state index contributed by atoms with van der Waals surface area (Å²) in [5.41, 5.74) is 20.8. The second kappa shape index (κ2) is 13.3. The van der Waals surface area contributed by atoms with E-state index in [0.29, 0.717) is 0 Å². The molecule has 6 heteroatoms. The van der Waals surface area contributed by atoms with Crippen LogP contribution in [0.1, 0.15) is 110 Å². The molecule has 0 saturated carbocycles. The van der Waals surface area contributed by atoms with Crippen LogP contribution in [0, 0.1) is 6.92 Å². The molecular formula is C59H58BN3O2. The first-order valence-corrected chi connectivity index (χ1v) is 23.6. The fourth-order valence-corrected chi connectivity index (χ4v) is 11.6. The highest BCUT2D eigenvalue weighted by Gasteiger charge is 2.49. The van der Waals surface area contributed by atoms with Crippen LogP contribution in [0.2, 0.25) is 0 Å². The molecule has 1 aliphatic carbocycles. The number of hydrogen-bond acceptors (Lipinski definition) is 4. The molecule has 65 heavy (non-hydrogen) atoms. The van der Waals surface area contributed by atoms with Crippen LogP contribution in [0.15, 0.2) is 136 Å². The molecule has 0 spiro atoms. The van der Waals surface area contributed by atoms with E-state index in [1.165, 1.54) is 66.8 Å². The van der Waals surface area contributed by atoms with Gasteiger partial charge in [0.2, 0.25) is 5.88 Å². The highest BCUT2D eigenvalue weighted by Crippen LogP contribution is 2.53. The van der Waals surface area contributed by atoms with E-state index in [1.807, 2.05) is 0 Å². The van der Waals surface area contributed by atoms with E-state index in [0.717, 1.165) is 63.4 Å². The minimum Gasteiger partial charge on any atom is -0.453 e. The number of furan rings is 2. The first kappa shape index (κ1) is 40.1. The van der Waals surface area contributed by atoms with E-state index in [1.54, 1.807) is 0 Å². The Kier molecular flexibility index (Phi) is 8.24. The molecule has 6 aromatic carbocycles. The van der Waals surface area contributed by atoms with Gasteiger partial charge in [-0.2, -0.15) is 0 Å². The molecule has 0 unspecified atom stereocenters. The monoisotopic (exact) mass is 851 g/mol. The summed E-state index contributed by atoms with van der Waals surface area (Å²) in [5.74, 6) is 0.821. The fourth-order valence-electron chi connectivity index (χ4n) is 11.6. The molecule has 0 radical (unpaired) electrons. The Bertz CT molecular complexity index is 3400. The molecule has 12 rings (SSSR count). The van der Waals surface area contributed by atoms with Crippen molar-refractivity contribution in [2.45, 2.75) is 111 Å². The van der Waals surface area contributed by atoms with Crippen molar-refractivity contribution in [3.05, 3.63) is 155 Å². The maximum atomic E-state index is 7.29. The van der Waals surface area contributed by atoms with Gasteiger partial charge in [0.1, 0.15) is 5.58 Å². The van der Waals surface area contributed by atoms with Crippen molar-refractivity contribution >= 4 is 90.5 Å². The van der Waals surface area contributed by atoms with Crippen LogP contribution in [0.4, 0.5) is 34.3 Å². The Hall–Kier alpha value is -6.40. The van der Waals surface area contributed by atoms with E-state index in [9.17, 15) is 0 Å². The summed E-state index contributed by atoms with van der Waals surface area (Å²) in [7, 11) is 0. The highest BCUT2D eigenvalue weighted by atomic mass is 16.4. The van der Waals surface area contributed by atoms with Crippen molar-refractivity contribution in [1.29, 1.82) is 0 Å². The normalized spacial score (nSPS) is 16.3. The third kappa shape index (κ3) is 5.78. The van der Waals surface area contributed by atoms with Gasteiger partial charge in [0.25, 0.3) is 6.71 Å². The molecule has 2 aliphatic heterocycles. The predicted octanol–water partition coefficient (Wildman–Crippen LogP) is 14.5. The second-order valence-electron chi connectivity index (χ2n) is 22.6. The van der Waals surface area contributed by atoms with Crippen molar-refractivity contribution in [2.24, 2.45) is 0 Å². The summed E-state index contributed by atoms with van der Waals surface area (Å²) in [6.07, 6.45) is 2.24. The van der Waals surface area contributed by atoms with Gasteiger partial charge in [-0.05, 0) is 136 Å². The third-order valence-corrected chi connectivity index (χ3v) is 15.1. The molecule has 9 aromatic rings. The van der Waals surface area contributed by atoms with Gasteiger partial charge in [-0.15, -0.1) is 0 Å². The van der Waals surface area contributed by atoms with E-state index in [2.05, 4.69) is 218 Å². The molecule has 0 amide bonds. The molecule has 324 valence electrons. The molecular weight excluding hydrogens is 793 g/mol. The first-order chi connectivity index (χ1) is 30.9. The number of rotatable bonds is 3. The van der Waals surface area contributed by atoms with E-state index in [4.69, 9.17) is 8.83 Å². The van der Waals surface area contributed by atoms with Crippen molar-refractivity contribution in [3.63, 3.8) is 0 Å². The number of aryl methyl sites for hydroxylation is 1. The molecule has 3 aliphatic rings. The number of hydrogen-bond donors (Lipinski definition) is 0. The number of benzene rings is 6. The summed E-state index contributed by atoms with van der Waals surface area (Å²) in [4.78, 5) is 4.93. The molecule has 0 bridgehead atoms. The summed E-state index contributed by atoms with van der Waals surface area (Å²) in [5, 5.41) is 2.32. The van der Waals surface area contributed by atoms with Gasteiger partial charge in [0.15, 0.2) is 11.2 Å². The zero-order valence-electron chi connectivity index (χ0n) is 39.8. The minimum atomic E-state index is -0.178. The number of nitrogens with zero attached hydrogens (tertiary/aromatic N) is 3. The number of para-hydroxylation sites is 2. The van der Waals surface area contributed by atoms with Crippen LogP contribution in [0.5, 0.6) is 0 Å². The second-order valence-corrected chi connectivity index (χ2v) is 22.6. The van der Waals surface area contributed by atoms with E-state index >= 15 is 0 Å². The third-order valence-electron chi connectivity index (χ3n) is 15.1. The van der Waals surface area contributed by atoms with Crippen LogP contribution in [-0.4, -0.2) is 11.3 Å². The lowest BCUT2D eigenvalue weighted by Gasteiger charge is -2.43. The maximum absolute atomic E-state index is 7.29. The molecule has 3 aromatic heterocycles. The highest BCUT2D eigenvalue weighted by molar-refractivity contribution is 7.01. The molecule has 0 fully saturated rings. The largest absolute Gasteiger partial charge is 0.453 e. The maximum Gasteiger partial charge on any atom is 0.261 e. The van der Waals surface area contributed by atoms with Crippen LogP contribution < -0.4 is 26.2 Å². The Morgan fingerprint density at radius 2 is 1.12 bits per heavy atom. The first-order valence-electron chi connectivity index (χ1n) is 23.6. The average Bonchev–Trinajstić information content (AvgIpc) is 3.93. The lowest BCUT2D eigenvalue weighted by atomic mass is 9.33. The van der Waals surface area contributed by atoms with Crippen molar-refractivity contribution in [2.75, 3.05) is 9.80 Å². The number of fused-ring (bicyclic) bond motifs is 11. The van der Waals surface area contributed by atoms with Gasteiger partial charge in [-0.25, -0.2) is 0 Å². The van der Waals surface area contributed by atoms with Gasteiger partial charge < -0.3 is 18.3 Å². The van der Waals surface area contributed by atoms with Crippen molar-refractivity contribution in [3.8, 4) is 5.69 Å². The van der Waals surface area contributed by atoms with Crippen LogP contribution >= 0.6 is 0 Å². The molecule has 0 saturated heterocycles. The SMILES string of the molecule is Cc1cc2c3c(c1)N(c1ccc(C(C)(C)C)cc1)c1oc4c(oc5ccccc54)c1B3c1cc3c4c(n(-c5ccccc5)c3cc1N2c1ccc(C(C)(C)C)cc1)C(C)(C)CCC4(C)C. The zero-order chi connectivity index (χ0) is 45.1. The van der Waals surface area contributed by atoms with Gasteiger partial charge in [-0.1, -0.05) is 130 Å². The van der Waals surface area contributed by atoms with Gasteiger partial charge in [0.05, 0.1) is 10.9 Å². The summed E-state index contributed by atoms with van der Waals surface area (Å²) >= 11 is 0. The quantitative estimate of drug-likeness (QED) is 0.166. The molecule has 0 atom stereocenters. The minimum absolute atomic E-state index is 0.0170. The van der Waals surface area contributed by atoms with E-state index < -0.39 is 0 Å². The zero-order valence-corrected chi connectivity index (χ0v) is 39.8. The predicted molar refractivity (Wildman–Crippen MR) is 274 cm³/mol. The summed E-state index contributed by atoms with van der Waals surface area (Å²) < 4.78 is 16.9. The lowest BCUT2D eigenvalue weighted by Crippen LogP contribution is -2.61. The number of anilines is 6. The van der Waals surface area contributed by atoms with Gasteiger partial charge >= 0.3 is 0 Å². The smallest absolute Gasteiger partial charge is 0.261 e. The Balaban J connectivity index is 1.24. The average molecular weight is 852 g/mol. The van der Waals surface area contributed by atoms with Crippen LogP contribution in [0.3, 0.4) is 0 Å². The molecule has 5 nitrogen and oxygen atoms in total. The Morgan fingerprint density at radius 1 is 0.538 bits per heavy atom. The Morgan fingerprint density at radius 3 is 1.77 bits per heavy atom. The summed E-state index contributed by atoms with van der Waals surface area (Å²) in [6, 6.07) is 47.7. The van der Waals surface area contributed by atoms with E-state index in [-0.39, 0.29) is 28.4 Å². The fraction of sp³-hybridized carbons (Fsp3) is 0.288. The Labute approximate surface area is 383 Å². The molecule has 5 heterocycles. The topological polar surface area (TPSA) is 37.7 Å². The number of aromatic nitrogens is 1. The van der Waals surface area contributed by atoms with Gasteiger partial charge in [0, 0.05) is 56.1 Å². The van der Waals surface area contributed by atoms with Crippen molar-refractivity contribution in [1.82, 2.24) is 4.57 Å². The van der Waals surface area contributed by atoms with Gasteiger partial charge in [-0.3, -0.25) is 4.90 Å². The van der Waals surface area contributed by atoms with Crippen LogP contribution in [0.25, 0.3) is 38.7 Å². The summed E-state index contributed by atoms with van der Waals surface area (Å²) in [6.45, 7) is 25.6. The van der Waals surface area contributed by atoms with Crippen molar-refractivity contribution < 1.29 is 8.83 Å². The standard InChI is InChI=1S/C59H58BN3O2/c1-35-31-46-50-47(32-35)63(40-27-23-37(24-28-40)57(5,6)7)55-51(53-52(65-55)41-19-15-16-20-48(41)64-53)60(50)43-33-42-44(34-45(43)61(46)39-25-21-36(22-26-39)56(2,3)4)62(38-17-13-12-14-18-38)54-49(42)58(8,9)29-30-59(54,10)11/h12-28,31-34H,29-30H2,1-11H3. The lowest BCUT2D eigenvalue weighted by molar-refractivity contribution is 0.324. The van der Waals surface area contributed by atoms with Crippen LogP contribution in [-0.2, 0) is 21.7 Å².